The smallest absolute Gasteiger partial charge is 0.156 e. The Kier molecular flexibility index (Phi) is 4.50. The molecule has 0 saturated heterocycles. The average molecular weight is 228 g/mol. The summed E-state index contributed by atoms with van der Waals surface area (Å²) in [6, 6.07) is 0. The maximum Gasteiger partial charge on any atom is 0.156 e. The van der Waals surface area contributed by atoms with E-state index in [9.17, 15) is 0 Å². The number of nitrogens with one attached hydrogen (secondary N) is 1. The number of hydrogen-bond acceptors (Lipinski definition) is 3. The minimum absolute atomic E-state index is 0.375. The fraction of sp³-hybridized carbons (Fsp3) is 0.917. The normalized spacial score (nSPS) is 24.6. The van der Waals surface area contributed by atoms with Gasteiger partial charge in [0.05, 0.1) is 0 Å². The van der Waals surface area contributed by atoms with Crippen LogP contribution in [0.4, 0.5) is 0 Å². The highest BCUT2D eigenvalue weighted by molar-refractivity contribution is 8.13. The van der Waals surface area contributed by atoms with Crippen LogP contribution in [0.3, 0.4) is 0 Å². The molecule has 15 heavy (non-hydrogen) atoms. The summed E-state index contributed by atoms with van der Waals surface area (Å²) in [7, 11) is 0. The van der Waals surface area contributed by atoms with E-state index in [1.54, 1.807) is 0 Å². The molecule has 1 heterocycles. The van der Waals surface area contributed by atoms with Crippen LogP contribution in [-0.2, 0) is 0 Å². The molecule has 0 fully saturated rings. The Balaban J connectivity index is 2.32. The summed E-state index contributed by atoms with van der Waals surface area (Å²) in [4.78, 5) is 4.53. The molecule has 2 atom stereocenters. The fourth-order valence-corrected chi connectivity index (χ4v) is 2.11. The molecule has 3 heteroatoms. The molecule has 0 saturated carbocycles. The Morgan fingerprint density at radius 1 is 1.53 bits per heavy atom. The SMILES string of the molecule is CC1CN=C(NCC(C)C(C)(C)C)SC1. The summed E-state index contributed by atoms with van der Waals surface area (Å²) in [5.74, 6) is 2.61. The minimum Gasteiger partial charge on any atom is -0.365 e. The van der Waals surface area contributed by atoms with Gasteiger partial charge in [0.1, 0.15) is 0 Å². The number of aliphatic imine (C=N–C) groups is 1. The summed E-state index contributed by atoms with van der Waals surface area (Å²) in [5, 5.41) is 4.60. The molecular weight excluding hydrogens is 204 g/mol. The van der Waals surface area contributed by atoms with Gasteiger partial charge in [-0.3, -0.25) is 4.99 Å². The number of amidine groups is 1. The summed E-state index contributed by atoms with van der Waals surface area (Å²) < 4.78 is 0. The van der Waals surface area contributed by atoms with E-state index < -0.39 is 0 Å². The quantitative estimate of drug-likeness (QED) is 0.786. The lowest BCUT2D eigenvalue weighted by Crippen LogP contribution is -2.34. The molecule has 1 aliphatic rings. The zero-order valence-electron chi connectivity index (χ0n) is 10.6. The Labute approximate surface area is 98.3 Å². The Morgan fingerprint density at radius 2 is 2.20 bits per heavy atom. The van der Waals surface area contributed by atoms with Crippen LogP contribution in [0, 0.1) is 17.3 Å². The van der Waals surface area contributed by atoms with Gasteiger partial charge >= 0.3 is 0 Å². The topological polar surface area (TPSA) is 24.4 Å². The Hall–Kier alpha value is -0.180. The molecule has 0 spiro atoms. The first-order chi connectivity index (χ1) is 6.89. The number of hydrogen-bond donors (Lipinski definition) is 1. The molecule has 0 aromatic rings. The standard InChI is InChI=1S/C12H24N2S/c1-9-6-13-11(15-8-9)14-7-10(2)12(3,4)5/h9-10H,6-8H2,1-5H3,(H,13,14). The van der Waals surface area contributed by atoms with Gasteiger partial charge in [-0.2, -0.15) is 0 Å². The maximum absolute atomic E-state index is 4.53. The zero-order chi connectivity index (χ0) is 11.5. The van der Waals surface area contributed by atoms with Gasteiger partial charge < -0.3 is 5.32 Å². The van der Waals surface area contributed by atoms with Crippen molar-refractivity contribution in [3.63, 3.8) is 0 Å². The van der Waals surface area contributed by atoms with E-state index >= 15 is 0 Å². The number of nitrogens with zero attached hydrogens (tertiary/aromatic N) is 1. The van der Waals surface area contributed by atoms with E-state index in [1.165, 1.54) is 5.75 Å². The fourth-order valence-electron chi connectivity index (χ4n) is 1.21. The van der Waals surface area contributed by atoms with Gasteiger partial charge in [-0.05, 0) is 17.3 Å². The van der Waals surface area contributed by atoms with Crippen molar-refractivity contribution in [3.8, 4) is 0 Å². The predicted molar refractivity (Wildman–Crippen MR) is 70.5 cm³/mol. The highest BCUT2D eigenvalue weighted by Gasteiger charge is 2.20. The second-order valence-electron chi connectivity index (χ2n) is 5.71. The second kappa shape index (κ2) is 5.24. The van der Waals surface area contributed by atoms with Crippen molar-refractivity contribution < 1.29 is 0 Å². The van der Waals surface area contributed by atoms with Crippen LogP contribution in [0.25, 0.3) is 0 Å². The van der Waals surface area contributed by atoms with Crippen molar-refractivity contribution in [2.45, 2.75) is 34.6 Å². The van der Waals surface area contributed by atoms with Gasteiger partial charge in [0.15, 0.2) is 5.17 Å². The highest BCUT2D eigenvalue weighted by Crippen LogP contribution is 2.25. The summed E-state index contributed by atoms with van der Waals surface area (Å²) >= 11 is 1.86. The van der Waals surface area contributed by atoms with Gasteiger partial charge in [-0.15, -0.1) is 0 Å². The van der Waals surface area contributed by atoms with Crippen molar-refractivity contribution in [1.82, 2.24) is 5.32 Å². The van der Waals surface area contributed by atoms with Crippen LogP contribution in [0.2, 0.25) is 0 Å². The average Bonchev–Trinajstić information content (AvgIpc) is 2.15. The monoisotopic (exact) mass is 228 g/mol. The van der Waals surface area contributed by atoms with Crippen LogP contribution < -0.4 is 5.32 Å². The molecule has 0 aromatic carbocycles. The van der Waals surface area contributed by atoms with Gasteiger partial charge in [-0.25, -0.2) is 0 Å². The van der Waals surface area contributed by atoms with Crippen LogP contribution in [0.5, 0.6) is 0 Å². The molecule has 1 N–H and O–H groups in total. The summed E-state index contributed by atoms with van der Waals surface area (Å²) in [6.07, 6.45) is 0. The Bertz CT molecular complexity index is 230. The first-order valence-corrected chi connectivity index (χ1v) is 6.79. The maximum atomic E-state index is 4.53. The highest BCUT2D eigenvalue weighted by atomic mass is 32.2. The van der Waals surface area contributed by atoms with Gasteiger partial charge in [0.25, 0.3) is 0 Å². The third-order valence-corrected chi connectivity index (χ3v) is 4.37. The van der Waals surface area contributed by atoms with E-state index in [0.29, 0.717) is 11.3 Å². The molecule has 0 radical (unpaired) electrons. The predicted octanol–water partition coefficient (Wildman–Crippen LogP) is 3.00. The summed E-state index contributed by atoms with van der Waals surface area (Å²) in [5.41, 5.74) is 0.375. The van der Waals surface area contributed by atoms with E-state index in [-0.39, 0.29) is 0 Å². The molecule has 0 aliphatic carbocycles. The van der Waals surface area contributed by atoms with E-state index in [2.05, 4.69) is 44.9 Å². The third kappa shape index (κ3) is 4.45. The first-order valence-electron chi connectivity index (χ1n) is 5.80. The molecule has 2 nitrogen and oxygen atoms in total. The van der Waals surface area contributed by atoms with Crippen molar-refractivity contribution in [2.75, 3.05) is 18.8 Å². The molecule has 0 aromatic heterocycles. The zero-order valence-corrected chi connectivity index (χ0v) is 11.4. The molecule has 0 bridgehead atoms. The van der Waals surface area contributed by atoms with Crippen LogP contribution in [0.15, 0.2) is 4.99 Å². The third-order valence-electron chi connectivity index (χ3n) is 3.09. The molecule has 88 valence electrons. The van der Waals surface area contributed by atoms with Gasteiger partial charge in [-0.1, -0.05) is 46.4 Å². The Morgan fingerprint density at radius 3 is 2.67 bits per heavy atom. The van der Waals surface area contributed by atoms with Crippen molar-refractivity contribution >= 4 is 16.9 Å². The van der Waals surface area contributed by atoms with E-state index in [4.69, 9.17) is 0 Å². The molecular formula is C12H24N2S. The first kappa shape index (κ1) is 12.9. The lowest BCUT2D eigenvalue weighted by Gasteiger charge is -2.28. The van der Waals surface area contributed by atoms with Crippen LogP contribution >= 0.6 is 11.8 Å². The minimum atomic E-state index is 0.375. The second-order valence-corrected chi connectivity index (χ2v) is 6.72. The van der Waals surface area contributed by atoms with Crippen LogP contribution in [0.1, 0.15) is 34.6 Å². The van der Waals surface area contributed by atoms with Gasteiger partial charge in [0, 0.05) is 18.8 Å². The molecule has 1 aliphatic heterocycles. The molecule has 0 amide bonds. The lowest BCUT2D eigenvalue weighted by atomic mass is 9.82. The van der Waals surface area contributed by atoms with Crippen molar-refractivity contribution in [1.29, 1.82) is 0 Å². The molecule has 1 rings (SSSR count). The number of thioether (sulfide) groups is 1. The summed E-state index contributed by atoms with van der Waals surface area (Å²) in [6.45, 7) is 13.4. The lowest BCUT2D eigenvalue weighted by molar-refractivity contribution is 0.262. The van der Waals surface area contributed by atoms with E-state index in [1.807, 2.05) is 11.8 Å². The molecule has 2 unspecified atom stereocenters. The van der Waals surface area contributed by atoms with Crippen molar-refractivity contribution in [3.05, 3.63) is 0 Å². The van der Waals surface area contributed by atoms with Crippen LogP contribution in [-0.4, -0.2) is 24.0 Å². The van der Waals surface area contributed by atoms with E-state index in [0.717, 1.165) is 24.2 Å². The number of rotatable bonds is 2. The van der Waals surface area contributed by atoms with Gasteiger partial charge in [0.2, 0.25) is 0 Å². The van der Waals surface area contributed by atoms with Crippen molar-refractivity contribution in [2.24, 2.45) is 22.2 Å². The largest absolute Gasteiger partial charge is 0.365 e.